The van der Waals surface area contributed by atoms with Crippen LogP contribution in [-0.2, 0) is 4.79 Å². The molecule has 0 fully saturated rings. The van der Waals surface area contributed by atoms with Crippen molar-refractivity contribution in [2.24, 2.45) is 4.99 Å². The molecule has 6 nitrogen and oxygen atoms in total. The number of carbonyl (C=O) groups excluding carboxylic acids is 2. The van der Waals surface area contributed by atoms with Gasteiger partial charge in [-0.3, -0.25) is 9.59 Å². The number of amides is 2. The zero-order valence-electron chi connectivity index (χ0n) is 14.6. The van der Waals surface area contributed by atoms with Crippen LogP contribution in [0, 0.1) is 0 Å². The van der Waals surface area contributed by atoms with E-state index in [9.17, 15) is 9.59 Å². The van der Waals surface area contributed by atoms with Crippen LogP contribution in [0.25, 0.3) is 5.69 Å². The number of hydrogen-bond acceptors (Lipinski definition) is 4. The van der Waals surface area contributed by atoms with Gasteiger partial charge in [-0.2, -0.15) is 9.06 Å². The van der Waals surface area contributed by atoms with Crippen LogP contribution in [0.3, 0.4) is 0 Å². The largest absolute Gasteiger partial charge is 0.321 e. The minimum absolute atomic E-state index is 0.100. The molecule has 0 saturated heterocycles. The average Bonchev–Trinajstić information content (AvgIpc) is 3.07. The number of rotatable bonds is 5. The Bertz CT molecular complexity index is 1010. The summed E-state index contributed by atoms with van der Waals surface area (Å²) in [4.78, 5) is 28.8. The molecule has 3 aromatic rings. The van der Waals surface area contributed by atoms with Gasteiger partial charge in [0, 0.05) is 17.1 Å². The van der Waals surface area contributed by atoms with Gasteiger partial charge >= 0.3 is 0 Å². The van der Waals surface area contributed by atoms with Crippen LogP contribution in [0.5, 0.6) is 0 Å². The van der Waals surface area contributed by atoms with E-state index < -0.39 is 5.91 Å². The molecule has 2 aromatic carbocycles. The van der Waals surface area contributed by atoms with Crippen molar-refractivity contribution < 1.29 is 9.59 Å². The van der Waals surface area contributed by atoms with Crippen LogP contribution >= 0.6 is 23.1 Å². The van der Waals surface area contributed by atoms with Crippen molar-refractivity contribution in [2.45, 2.75) is 19.8 Å². The smallest absolute Gasteiger partial charge is 0.279 e. The maximum atomic E-state index is 12.7. The first-order chi connectivity index (χ1) is 13.1. The van der Waals surface area contributed by atoms with Gasteiger partial charge in [0.05, 0.1) is 5.69 Å². The molecule has 1 aromatic heterocycles. The highest BCUT2D eigenvalue weighted by molar-refractivity contribution is 7.04. The highest BCUT2D eigenvalue weighted by Gasteiger charge is 2.17. The maximum absolute atomic E-state index is 12.7. The molecule has 0 radical (unpaired) electrons. The molecule has 138 valence electrons. The lowest BCUT2D eigenvalue weighted by atomic mass is 10.3. The predicted molar refractivity (Wildman–Crippen MR) is 106 cm³/mol. The van der Waals surface area contributed by atoms with E-state index in [1.54, 1.807) is 40.5 Å². The van der Waals surface area contributed by atoms with Gasteiger partial charge in [0.2, 0.25) is 5.91 Å². The summed E-state index contributed by atoms with van der Waals surface area (Å²) in [5.41, 5.74) is 1.46. The van der Waals surface area contributed by atoms with Crippen molar-refractivity contribution in [1.82, 2.24) is 9.17 Å². The van der Waals surface area contributed by atoms with Crippen molar-refractivity contribution in [3.63, 3.8) is 0 Å². The van der Waals surface area contributed by atoms with Crippen LogP contribution in [0.4, 0.5) is 5.69 Å². The number of hydrogen-bond donors (Lipinski definition) is 1. The predicted octanol–water partition coefficient (Wildman–Crippen LogP) is 4.07. The number of carbonyl (C=O) groups is 2. The van der Waals surface area contributed by atoms with Gasteiger partial charge in [0.15, 0.2) is 10.4 Å². The number of para-hydroxylation sites is 1. The molecule has 0 bridgehead atoms. The summed E-state index contributed by atoms with van der Waals surface area (Å²) in [6, 6.07) is 16.1. The minimum Gasteiger partial charge on any atom is -0.321 e. The van der Waals surface area contributed by atoms with Gasteiger partial charge in [-0.25, -0.2) is 0 Å². The highest BCUT2D eigenvalue weighted by Crippen LogP contribution is 2.14. The standard InChI is InChI=1S/C19H17ClN4O2S/c1-2-6-16(25)22-19-17(18(26)21-14-7-4-3-5-8-14)23-24(27-19)15-11-9-13(20)10-12-15/h3-5,7-12H,2,6H2,1H3,(H,21,26). The summed E-state index contributed by atoms with van der Waals surface area (Å²) in [7, 11) is 0. The second kappa shape index (κ2) is 8.75. The maximum Gasteiger partial charge on any atom is 0.279 e. The van der Waals surface area contributed by atoms with Crippen LogP contribution in [0.1, 0.15) is 30.3 Å². The van der Waals surface area contributed by atoms with E-state index >= 15 is 0 Å². The molecule has 3 rings (SSSR count). The van der Waals surface area contributed by atoms with Crippen LogP contribution < -0.4 is 9.99 Å². The van der Waals surface area contributed by atoms with E-state index in [1.807, 2.05) is 25.1 Å². The Morgan fingerprint density at radius 1 is 1.15 bits per heavy atom. The van der Waals surface area contributed by atoms with E-state index in [0.29, 0.717) is 23.6 Å². The Morgan fingerprint density at radius 3 is 2.52 bits per heavy atom. The Hall–Kier alpha value is -2.77. The summed E-state index contributed by atoms with van der Waals surface area (Å²) < 4.78 is 1.82. The number of anilines is 1. The third kappa shape index (κ3) is 4.90. The molecule has 1 N–H and O–H groups in total. The zero-order chi connectivity index (χ0) is 19.2. The highest BCUT2D eigenvalue weighted by atomic mass is 35.5. The molecule has 0 aliphatic rings. The quantitative estimate of drug-likeness (QED) is 0.701. The fourth-order valence-electron chi connectivity index (χ4n) is 2.27. The summed E-state index contributed by atoms with van der Waals surface area (Å²) in [5.74, 6) is -0.702. The van der Waals surface area contributed by atoms with Crippen LogP contribution in [0.2, 0.25) is 5.02 Å². The molecule has 0 aliphatic carbocycles. The molecule has 8 heteroatoms. The lowest BCUT2D eigenvalue weighted by Crippen LogP contribution is -2.20. The number of halogens is 1. The number of nitrogens with zero attached hydrogens (tertiary/aromatic N) is 3. The van der Waals surface area contributed by atoms with E-state index in [4.69, 9.17) is 11.6 Å². The average molecular weight is 401 g/mol. The first-order valence-electron chi connectivity index (χ1n) is 8.37. The molecular formula is C19H17ClN4O2S. The van der Waals surface area contributed by atoms with Crippen molar-refractivity contribution >= 4 is 40.6 Å². The summed E-state index contributed by atoms with van der Waals surface area (Å²) in [5, 5.41) is 7.73. The first kappa shape index (κ1) is 19.0. The molecule has 1 heterocycles. The van der Waals surface area contributed by atoms with Crippen LogP contribution in [0.15, 0.2) is 59.6 Å². The zero-order valence-corrected chi connectivity index (χ0v) is 16.1. The van der Waals surface area contributed by atoms with Crippen LogP contribution in [-0.4, -0.2) is 21.0 Å². The van der Waals surface area contributed by atoms with E-state index in [0.717, 1.165) is 17.2 Å². The lowest BCUT2D eigenvalue weighted by Gasteiger charge is -2.02. The van der Waals surface area contributed by atoms with Gasteiger partial charge < -0.3 is 5.32 Å². The Balaban J connectivity index is 2.00. The monoisotopic (exact) mass is 400 g/mol. The fraction of sp³-hybridized carbons (Fsp3) is 0.158. The van der Waals surface area contributed by atoms with Gasteiger partial charge in [0.25, 0.3) is 5.91 Å². The Kier molecular flexibility index (Phi) is 6.16. The van der Waals surface area contributed by atoms with Gasteiger partial charge in [0.1, 0.15) is 0 Å². The summed E-state index contributed by atoms with van der Waals surface area (Å²) in [6.07, 6.45) is 1.00. The second-order valence-electron chi connectivity index (χ2n) is 5.67. The molecule has 0 spiro atoms. The summed E-state index contributed by atoms with van der Waals surface area (Å²) >= 11 is 7.05. The van der Waals surface area contributed by atoms with Gasteiger partial charge in [-0.15, -0.1) is 5.10 Å². The molecule has 0 saturated carbocycles. The fourth-order valence-corrected chi connectivity index (χ4v) is 3.27. The molecule has 0 unspecified atom stereocenters. The molecule has 0 atom stereocenters. The Labute approximate surface area is 165 Å². The molecular weight excluding hydrogens is 384 g/mol. The van der Waals surface area contributed by atoms with Crippen molar-refractivity contribution in [3.8, 4) is 5.69 Å². The third-order valence-electron chi connectivity index (χ3n) is 3.55. The summed E-state index contributed by atoms with van der Waals surface area (Å²) in [6.45, 7) is 1.90. The topological polar surface area (TPSA) is 76.3 Å². The first-order valence-corrected chi connectivity index (χ1v) is 9.52. The molecule has 27 heavy (non-hydrogen) atoms. The van der Waals surface area contributed by atoms with Crippen molar-refractivity contribution in [1.29, 1.82) is 0 Å². The number of benzene rings is 2. The Morgan fingerprint density at radius 2 is 1.85 bits per heavy atom. The molecule has 0 aliphatic heterocycles. The van der Waals surface area contributed by atoms with Gasteiger partial charge in [-0.1, -0.05) is 36.7 Å². The van der Waals surface area contributed by atoms with Gasteiger partial charge in [-0.05, 0) is 54.4 Å². The molecule has 2 amide bonds. The lowest BCUT2D eigenvalue weighted by molar-refractivity contribution is -0.118. The normalized spacial score (nSPS) is 11.4. The third-order valence-corrected chi connectivity index (χ3v) is 4.73. The number of nitrogens with one attached hydrogen (secondary N) is 1. The SMILES string of the molecule is CCCC(=O)N=c1sn(-c2ccc(Cl)cc2)nc1C(=O)Nc1ccccc1. The number of aromatic nitrogens is 2. The van der Waals surface area contributed by atoms with E-state index in [2.05, 4.69) is 15.4 Å². The van der Waals surface area contributed by atoms with Crippen molar-refractivity contribution in [2.75, 3.05) is 5.32 Å². The minimum atomic E-state index is -0.423. The second-order valence-corrected chi connectivity index (χ2v) is 7.02. The van der Waals surface area contributed by atoms with E-state index in [-0.39, 0.29) is 16.3 Å². The van der Waals surface area contributed by atoms with Crippen molar-refractivity contribution in [3.05, 3.63) is 70.0 Å². The van der Waals surface area contributed by atoms with E-state index in [1.165, 1.54) is 0 Å².